The molecule has 1 aliphatic rings. The van der Waals surface area contributed by atoms with Gasteiger partial charge in [0.2, 0.25) is 21.8 Å². The van der Waals surface area contributed by atoms with Gasteiger partial charge in [-0.25, -0.2) is 8.42 Å². The minimum absolute atomic E-state index is 0.00318. The summed E-state index contributed by atoms with van der Waals surface area (Å²) in [5.41, 5.74) is 0.559. The molecule has 0 radical (unpaired) electrons. The Morgan fingerprint density at radius 2 is 1.78 bits per heavy atom. The fourth-order valence-corrected chi connectivity index (χ4v) is 6.36. The summed E-state index contributed by atoms with van der Waals surface area (Å²) in [6.07, 6.45) is 1.72. The number of nitrogens with zero attached hydrogens (tertiary/aromatic N) is 1. The first-order chi connectivity index (χ1) is 15.2. The molecule has 0 unspecified atom stereocenters. The molecule has 1 fully saturated rings. The Morgan fingerprint density at radius 1 is 1.12 bits per heavy atom. The zero-order valence-electron chi connectivity index (χ0n) is 18.7. The first kappa shape index (κ1) is 24.4. The number of thiophene rings is 1. The van der Waals surface area contributed by atoms with Crippen molar-refractivity contribution in [3.63, 3.8) is 0 Å². The zero-order chi connectivity index (χ0) is 23.3. The van der Waals surface area contributed by atoms with Gasteiger partial charge in [-0.3, -0.25) is 9.59 Å². The number of hydrogen-bond acceptors (Lipinski definition) is 5. The molecule has 9 heteroatoms. The summed E-state index contributed by atoms with van der Waals surface area (Å²) in [4.78, 5) is 25.2. The third-order valence-electron chi connectivity index (χ3n) is 5.69. The summed E-state index contributed by atoms with van der Waals surface area (Å²) in [6, 6.07) is 10.2. The first-order valence-corrected chi connectivity index (χ1v) is 13.2. The Labute approximate surface area is 194 Å². The van der Waals surface area contributed by atoms with E-state index in [0.29, 0.717) is 44.0 Å². The summed E-state index contributed by atoms with van der Waals surface area (Å²) in [6.45, 7) is 6.38. The molecule has 32 heavy (non-hydrogen) atoms. The molecule has 0 saturated carbocycles. The molecule has 174 valence electrons. The number of carbonyl (C=O) groups excluding carboxylic acids is 2. The van der Waals surface area contributed by atoms with Crippen LogP contribution in [0, 0.1) is 11.8 Å². The van der Waals surface area contributed by atoms with Crippen LogP contribution >= 0.6 is 11.3 Å². The molecular formula is C23H31N3O4S2. The lowest BCUT2D eigenvalue weighted by molar-refractivity contribution is -0.123. The average Bonchev–Trinajstić information content (AvgIpc) is 3.26. The summed E-state index contributed by atoms with van der Waals surface area (Å²) in [5, 5.41) is 7.81. The van der Waals surface area contributed by atoms with Gasteiger partial charge in [0.15, 0.2) is 0 Å². The first-order valence-electron chi connectivity index (χ1n) is 10.9. The van der Waals surface area contributed by atoms with Crippen LogP contribution in [0.4, 0.5) is 5.69 Å². The van der Waals surface area contributed by atoms with Gasteiger partial charge >= 0.3 is 0 Å². The molecule has 0 bridgehead atoms. The maximum Gasteiger partial charge on any atom is 0.243 e. The third-order valence-corrected chi connectivity index (χ3v) is 8.56. The molecule has 1 atom stereocenters. The Hall–Kier alpha value is -2.23. The van der Waals surface area contributed by atoms with Gasteiger partial charge in [0.1, 0.15) is 0 Å². The van der Waals surface area contributed by atoms with Crippen molar-refractivity contribution >= 4 is 38.9 Å². The highest BCUT2D eigenvalue weighted by atomic mass is 32.2. The second-order valence-electron chi connectivity index (χ2n) is 8.56. The summed E-state index contributed by atoms with van der Waals surface area (Å²) in [5.74, 6) is 0.273. The van der Waals surface area contributed by atoms with E-state index >= 15 is 0 Å². The molecule has 0 aliphatic carbocycles. The lowest BCUT2D eigenvalue weighted by Crippen LogP contribution is -2.40. The Bertz CT molecular complexity index is 1010. The van der Waals surface area contributed by atoms with E-state index in [1.807, 2.05) is 17.5 Å². The predicted molar refractivity (Wildman–Crippen MR) is 127 cm³/mol. The van der Waals surface area contributed by atoms with E-state index in [-0.39, 0.29) is 28.7 Å². The van der Waals surface area contributed by atoms with Crippen molar-refractivity contribution in [1.82, 2.24) is 9.62 Å². The van der Waals surface area contributed by atoms with E-state index in [0.717, 1.165) is 4.88 Å². The lowest BCUT2D eigenvalue weighted by Gasteiger charge is -2.31. The normalized spacial score (nSPS) is 16.6. The molecule has 2 N–H and O–H groups in total. The van der Waals surface area contributed by atoms with Crippen LogP contribution in [0.3, 0.4) is 0 Å². The van der Waals surface area contributed by atoms with Gasteiger partial charge in [0.05, 0.1) is 10.9 Å². The summed E-state index contributed by atoms with van der Waals surface area (Å²) in [7, 11) is -3.60. The summed E-state index contributed by atoms with van der Waals surface area (Å²) >= 11 is 1.64. The largest absolute Gasteiger partial charge is 0.348 e. The fraction of sp³-hybridized carbons (Fsp3) is 0.478. The van der Waals surface area contributed by atoms with E-state index in [1.54, 1.807) is 23.5 Å². The van der Waals surface area contributed by atoms with Crippen LogP contribution in [-0.2, 0) is 19.6 Å². The number of piperidine rings is 1. The number of benzene rings is 1. The van der Waals surface area contributed by atoms with E-state index in [1.165, 1.54) is 23.4 Å². The number of hydrogen-bond donors (Lipinski definition) is 2. The quantitative estimate of drug-likeness (QED) is 0.600. The van der Waals surface area contributed by atoms with Gasteiger partial charge in [-0.05, 0) is 60.4 Å². The van der Waals surface area contributed by atoms with Crippen LogP contribution in [-0.4, -0.2) is 37.6 Å². The Morgan fingerprint density at radius 3 is 2.31 bits per heavy atom. The number of amides is 2. The number of nitrogens with one attached hydrogen (secondary N) is 2. The fourth-order valence-electron chi connectivity index (χ4n) is 3.95. The zero-order valence-corrected chi connectivity index (χ0v) is 20.3. The van der Waals surface area contributed by atoms with Crippen LogP contribution in [0.1, 0.15) is 51.0 Å². The van der Waals surface area contributed by atoms with Crippen LogP contribution < -0.4 is 10.6 Å². The molecular weight excluding hydrogens is 446 g/mol. The van der Waals surface area contributed by atoms with Gasteiger partial charge in [0.25, 0.3) is 0 Å². The number of carbonyl (C=O) groups is 2. The second-order valence-corrected chi connectivity index (χ2v) is 11.5. The van der Waals surface area contributed by atoms with Crippen molar-refractivity contribution in [3.05, 3.63) is 46.7 Å². The van der Waals surface area contributed by atoms with Gasteiger partial charge in [0, 0.05) is 37.0 Å². The third kappa shape index (κ3) is 6.17. The van der Waals surface area contributed by atoms with Crippen LogP contribution in [0.5, 0.6) is 0 Å². The molecule has 3 rings (SSSR count). The highest BCUT2D eigenvalue weighted by molar-refractivity contribution is 7.89. The van der Waals surface area contributed by atoms with Crippen LogP contribution in [0.2, 0.25) is 0 Å². The molecule has 2 aromatic rings. The van der Waals surface area contributed by atoms with E-state index in [9.17, 15) is 18.0 Å². The maximum atomic E-state index is 13.0. The Kier molecular flexibility index (Phi) is 8.08. The average molecular weight is 478 g/mol. The number of sulfonamides is 1. The second kappa shape index (κ2) is 10.6. The highest BCUT2D eigenvalue weighted by Gasteiger charge is 2.30. The maximum absolute atomic E-state index is 13.0. The van der Waals surface area contributed by atoms with Gasteiger partial charge < -0.3 is 10.6 Å². The van der Waals surface area contributed by atoms with Crippen molar-refractivity contribution in [2.24, 2.45) is 11.8 Å². The molecule has 2 amide bonds. The van der Waals surface area contributed by atoms with E-state index in [4.69, 9.17) is 0 Å². The van der Waals surface area contributed by atoms with Gasteiger partial charge in [-0.2, -0.15) is 4.31 Å². The van der Waals surface area contributed by atoms with E-state index in [2.05, 4.69) is 24.5 Å². The van der Waals surface area contributed by atoms with Crippen molar-refractivity contribution in [1.29, 1.82) is 0 Å². The van der Waals surface area contributed by atoms with Crippen molar-refractivity contribution in [2.75, 3.05) is 18.4 Å². The topological polar surface area (TPSA) is 95.6 Å². The molecule has 1 saturated heterocycles. The van der Waals surface area contributed by atoms with Crippen LogP contribution in [0.15, 0.2) is 46.7 Å². The van der Waals surface area contributed by atoms with Crippen molar-refractivity contribution < 1.29 is 18.0 Å². The monoisotopic (exact) mass is 477 g/mol. The van der Waals surface area contributed by atoms with Gasteiger partial charge in [-0.1, -0.05) is 19.9 Å². The van der Waals surface area contributed by atoms with E-state index < -0.39 is 10.0 Å². The SMILES string of the molecule is CC(=O)Nc1ccc(S(=O)(=O)N2CCC(CC(=O)N[C@H](c3cccs3)C(C)C)CC2)cc1. The minimum atomic E-state index is -3.60. The molecule has 1 aliphatic heterocycles. The van der Waals surface area contributed by atoms with Crippen LogP contribution in [0.25, 0.3) is 0 Å². The van der Waals surface area contributed by atoms with Crippen molar-refractivity contribution in [3.8, 4) is 0 Å². The number of anilines is 1. The summed E-state index contributed by atoms with van der Waals surface area (Å²) < 4.78 is 27.4. The standard InChI is InChI=1S/C23H31N3O4S2/c1-16(2)23(21-5-4-14-31-21)25-22(28)15-18-10-12-26(13-11-18)32(29,30)20-8-6-19(7-9-20)24-17(3)27/h4-9,14,16,18,23H,10-13,15H2,1-3H3,(H,24,27)(H,25,28)/t23-/m0/s1. The molecule has 0 spiro atoms. The van der Waals surface area contributed by atoms with Gasteiger partial charge in [-0.15, -0.1) is 11.3 Å². The van der Waals surface area contributed by atoms with Crippen molar-refractivity contribution in [2.45, 2.75) is 51.0 Å². The molecule has 1 aromatic carbocycles. The predicted octanol–water partition coefficient (Wildman–Crippen LogP) is 4.01. The Balaban J connectivity index is 1.54. The molecule has 7 nitrogen and oxygen atoms in total. The number of rotatable bonds is 8. The molecule has 1 aromatic heterocycles. The minimum Gasteiger partial charge on any atom is -0.348 e. The smallest absolute Gasteiger partial charge is 0.243 e. The molecule has 2 heterocycles. The lowest BCUT2D eigenvalue weighted by atomic mass is 9.93. The highest BCUT2D eigenvalue weighted by Crippen LogP contribution is 2.29.